The Balaban J connectivity index is 0.811. The molecule has 0 unspecified atom stereocenters. The third-order valence-corrected chi connectivity index (χ3v) is 11.3. The highest BCUT2D eigenvalue weighted by Gasteiger charge is 2.24. The summed E-state index contributed by atoms with van der Waals surface area (Å²) >= 11 is 0. The zero-order valence-electron chi connectivity index (χ0n) is 36.8. The highest BCUT2D eigenvalue weighted by atomic mass is 17.2. The Morgan fingerprint density at radius 2 is 0.851 bits per heavy atom. The van der Waals surface area contributed by atoms with Crippen LogP contribution in [0.15, 0.2) is 194 Å². The van der Waals surface area contributed by atoms with E-state index in [2.05, 4.69) is 13.8 Å². The lowest BCUT2D eigenvalue weighted by atomic mass is 9.78. The lowest BCUT2D eigenvalue weighted by Gasteiger charge is -2.26. The number of esters is 1. The van der Waals surface area contributed by atoms with Crippen LogP contribution in [0.5, 0.6) is 34.5 Å². The molecule has 67 heavy (non-hydrogen) atoms. The summed E-state index contributed by atoms with van der Waals surface area (Å²) in [4.78, 5) is 48.1. The van der Waals surface area contributed by atoms with Crippen molar-refractivity contribution in [2.24, 2.45) is 0 Å². The summed E-state index contributed by atoms with van der Waals surface area (Å²) in [5, 5.41) is 19.7. The zero-order valence-corrected chi connectivity index (χ0v) is 36.8. The van der Waals surface area contributed by atoms with Crippen molar-refractivity contribution >= 4 is 17.9 Å². The molecule has 2 N–H and O–H groups in total. The first kappa shape index (κ1) is 45.1. The second-order valence-corrected chi connectivity index (χ2v) is 16.4. The van der Waals surface area contributed by atoms with Crippen molar-refractivity contribution in [1.29, 1.82) is 0 Å². The number of hydrogen-bond donors (Lipinski definition) is 2. The van der Waals surface area contributed by atoms with Gasteiger partial charge in [0.2, 0.25) is 0 Å². The molecule has 0 aromatic heterocycles. The van der Waals surface area contributed by atoms with Crippen LogP contribution in [0.1, 0.15) is 83.9 Å². The van der Waals surface area contributed by atoms with Crippen LogP contribution in [0.25, 0.3) is 0 Å². The lowest BCUT2D eigenvalue weighted by molar-refractivity contribution is -0.217. The van der Waals surface area contributed by atoms with Crippen LogP contribution >= 0.6 is 0 Å². The van der Waals surface area contributed by atoms with Gasteiger partial charge < -0.3 is 29.3 Å². The van der Waals surface area contributed by atoms with Crippen molar-refractivity contribution < 1.29 is 48.6 Å². The van der Waals surface area contributed by atoms with E-state index in [0.717, 1.165) is 33.4 Å². The molecule has 0 aliphatic carbocycles. The summed E-state index contributed by atoms with van der Waals surface area (Å²) in [6.45, 7) is 4.24. The molecule has 0 saturated heterocycles. The Morgan fingerprint density at radius 1 is 0.433 bits per heavy atom. The molecule has 8 aromatic carbocycles. The van der Waals surface area contributed by atoms with E-state index < -0.39 is 17.9 Å². The summed E-state index contributed by atoms with van der Waals surface area (Å²) in [7, 11) is 0. The van der Waals surface area contributed by atoms with Crippen molar-refractivity contribution in [3.63, 3.8) is 0 Å². The molecule has 0 bridgehead atoms. The predicted octanol–water partition coefficient (Wildman–Crippen LogP) is 12.9. The Hall–Kier alpha value is -8.47. The van der Waals surface area contributed by atoms with E-state index in [-0.39, 0.29) is 34.5 Å². The van der Waals surface area contributed by atoms with Gasteiger partial charge in [0, 0.05) is 5.41 Å². The van der Waals surface area contributed by atoms with Crippen LogP contribution in [0.3, 0.4) is 0 Å². The fourth-order valence-corrected chi connectivity index (χ4v) is 7.56. The largest absolute Gasteiger partial charge is 0.478 e. The molecule has 0 amide bonds. The third-order valence-electron chi connectivity index (χ3n) is 11.3. The first-order valence-corrected chi connectivity index (χ1v) is 21.5. The normalized spacial score (nSPS) is 11.1. The maximum absolute atomic E-state index is 13.1. The van der Waals surface area contributed by atoms with Gasteiger partial charge in [0.05, 0.1) is 16.7 Å². The molecule has 10 nitrogen and oxygen atoms in total. The number of aromatic carboxylic acids is 2. The maximum Gasteiger partial charge on any atom is 0.344 e. The van der Waals surface area contributed by atoms with Gasteiger partial charge in [-0.3, -0.25) is 0 Å². The molecule has 0 saturated carbocycles. The van der Waals surface area contributed by atoms with Gasteiger partial charge in [-0.1, -0.05) is 117 Å². The number of carboxylic acids is 2. The number of carboxylic acid groups (broad SMARTS) is 2. The van der Waals surface area contributed by atoms with Crippen LogP contribution in [0.2, 0.25) is 0 Å². The van der Waals surface area contributed by atoms with E-state index in [9.17, 15) is 24.6 Å². The second-order valence-electron chi connectivity index (χ2n) is 16.4. The number of rotatable bonds is 18. The van der Waals surface area contributed by atoms with Gasteiger partial charge >= 0.3 is 17.9 Å². The van der Waals surface area contributed by atoms with E-state index in [1.54, 1.807) is 66.7 Å². The van der Waals surface area contributed by atoms with Crippen LogP contribution in [0.4, 0.5) is 0 Å². The van der Waals surface area contributed by atoms with Crippen molar-refractivity contribution in [3.05, 3.63) is 250 Å². The van der Waals surface area contributed by atoms with Crippen molar-refractivity contribution in [2.45, 2.75) is 38.7 Å². The van der Waals surface area contributed by atoms with Gasteiger partial charge in [-0.2, -0.15) is 4.89 Å². The van der Waals surface area contributed by atoms with E-state index in [1.807, 2.05) is 115 Å². The summed E-state index contributed by atoms with van der Waals surface area (Å²) in [5.41, 5.74) is 6.11. The first-order valence-electron chi connectivity index (χ1n) is 21.5. The number of hydrogen-bond acceptors (Lipinski definition) is 8. The van der Waals surface area contributed by atoms with Crippen molar-refractivity contribution in [1.82, 2.24) is 0 Å². The Kier molecular flexibility index (Phi) is 13.9. The summed E-state index contributed by atoms with van der Waals surface area (Å²) in [6, 6.07) is 58.8. The van der Waals surface area contributed by atoms with Gasteiger partial charge in [-0.25, -0.2) is 14.4 Å². The summed E-state index contributed by atoms with van der Waals surface area (Å²) in [5.74, 6) is 0.0802. The van der Waals surface area contributed by atoms with E-state index in [0.29, 0.717) is 47.2 Å². The standard InChI is InChI=1S/C57H46O10/c1-57(2,43-16-20-45(21-17-43)64-47-24-26-49(27-25-47)66-56(62)51-32-14-41(36-53(51)55(60)61)34-39-11-7-4-8-12-39)44-18-22-46(23-19-44)65-48-28-30-50(31-29-48)67-63-37-42-15-13-40(35-52(42)54(58)59)33-38-9-5-3-6-10-38/h3-32,35-36H,33-34,37H2,1-2H3,(H,58,59)(H,60,61). The zero-order chi connectivity index (χ0) is 46.8. The number of benzene rings is 8. The minimum atomic E-state index is -1.21. The van der Waals surface area contributed by atoms with Crippen LogP contribution in [-0.2, 0) is 29.8 Å². The van der Waals surface area contributed by atoms with Gasteiger partial charge in [-0.15, -0.1) is 0 Å². The van der Waals surface area contributed by atoms with E-state index in [4.69, 9.17) is 24.0 Å². The molecule has 334 valence electrons. The van der Waals surface area contributed by atoms with Crippen LogP contribution in [0, 0.1) is 0 Å². The Labute approximate surface area is 388 Å². The van der Waals surface area contributed by atoms with E-state index in [1.165, 1.54) is 12.1 Å². The molecule has 0 aliphatic heterocycles. The SMILES string of the molecule is CC(C)(c1ccc(Oc2ccc(OOCc3ccc(Cc4ccccc4)cc3C(=O)O)cc2)cc1)c1ccc(Oc2ccc(OC(=O)c3ccc(Cc4ccccc4)cc3C(=O)O)cc2)cc1. The minimum Gasteiger partial charge on any atom is -0.478 e. The quantitative estimate of drug-likeness (QED) is 0.0370. The average molecular weight is 891 g/mol. The number of carbonyl (C=O) groups is 3. The van der Waals surface area contributed by atoms with Gasteiger partial charge in [0.15, 0.2) is 5.75 Å². The molecule has 10 heteroatoms. The molecule has 0 radical (unpaired) electrons. The molecule has 0 atom stereocenters. The molecule has 0 spiro atoms. The minimum absolute atomic E-state index is 0.0346. The van der Waals surface area contributed by atoms with Crippen molar-refractivity contribution in [3.8, 4) is 34.5 Å². The fourth-order valence-electron chi connectivity index (χ4n) is 7.56. The van der Waals surface area contributed by atoms with Crippen molar-refractivity contribution in [2.75, 3.05) is 0 Å². The molecule has 8 rings (SSSR count). The topological polar surface area (TPSA) is 138 Å². The van der Waals surface area contributed by atoms with Crippen LogP contribution in [-0.4, -0.2) is 28.1 Å². The van der Waals surface area contributed by atoms with E-state index >= 15 is 0 Å². The number of ether oxygens (including phenoxy) is 3. The molecule has 8 aromatic rings. The smallest absolute Gasteiger partial charge is 0.344 e. The van der Waals surface area contributed by atoms with Gasteiger partial charge in [-0.05, 0) is 143 Å². The molecular formula is C57H46O10. The Morgan fingerprint density at radius 3 is 1.33 bits per heavy atom. The number of carbonyl (C=O) groups excluding carboxylic acids is 1. The average Bonchev–Trinajstić information content (AvgIpc) is 3.34. The Bertz CT molecular complexity index is 2970. The first-order chi connectivity index (χ1) is 32.5. The second kappa shape index (κ2) is 20.6. The molecule has 0 heterocycles. The van der Waals surface area contributed by atoms with Gasteiger partial charge in [0.1, 0.15) is 35.4 Å². The highest BCUT2D eigenvalue weighted by Crippen LogP contribution is 2.35. The van der Waals surface area contributed by atoms with Crippen LogP contribution < -0.4 is 19.1 Å². The molecule has 0 aliphatic rings. The summed E-state index contributed by atoms with van der Waals surface area (Å²) in [6.07, 6.45) is 1.16. The van der Waals surface area contributed by atoms with Gasteiger partial charge in [0.25, 0.3) is 0 Å². The maximum atomic E-state index is 13.1. The lowest BCUT2D eigenvalue weighted by Crippen LogP contribution is -2.18. The highest BCUT2D eigenvalue weighted by molar-refractivity contribution is 6.03. The molecular weight excluding hydrogens is 845 g/mol. The fraction of sp³-hybridized carbons (Fsp3) is 0.105. The molecule has 0 fully saturated rings. The monoisotopic (exact) mass is 890 g/mol. The third kappa shape index (κ3) is 11.6. The summed E-state index contributed by atoms with van der Waals surface area (Å²) < 4.78 is 17.7. The predicted molar refractivity (Wildman–Crippen MR) is 254 cm³/mol.